The standard InChI is InChI=1S/C15H20N4S2/c1-15(2)7-10-11(8-16)14(20)18-13(12(10)9-21-15)19-5-3-17-4-6-19/h17H,3-7,9H2,1-2H3,(H,18,20)/p+1. The SMILES string of the molecule is CC1(C)Cc2c(c(N3CC[NH2+]CC3)[nH]c(=S)c2C#N)CS1. The fourth-order valence-electron chi connectivity index (χ4n) is 3.13. The minimum atomic E-state index is 0.175. The van der Waals surface area contributed by atoms with Gasteiger partial charge in [-0.2, -0.15) is 17.0 Å². The molecule has 112 valence electrons. The van der Waals surface area contributed by atoms with Crippen molar-refractivity contribution in [3.05, 3.63) is 21.3 Å². The average molecular weight is 321 g/mol. The maximum atomic E-state index is 9.48. The minimum absolute atomic E-state index is 0.175. The minimum Gasteiger partial charge on any atom is -0.347 e. The Bertz CT molecular complexity index is 651. The number of hydrogen-bond donors (Lipinski definition) is 2. The molecular weight excluding hydrogens is 300 g/mol. The summed E-state index contributed by atoms with van der Waals surface area (Å²) >= 11 is 7.42. The van der Waals surface area contributed by atoms with Crippen molar-refractivity contribution in [3.8, 4) is 6.07 Å². The summed E-state index contributed by atoms with van der Waals surface area (Å²) in [5.41, 5.74) is 3.15. The topological polar surface area (TPSA) is 59.4 Å². The Morgan fingerprint density at radius 3 is 2.71 bits per heavy atom. The maximum absolute atomic E-state index is 9.48. The zero-order chi connectivity index (χ0) is 15.0. The molecule has 0 aromatic carbocycles. The second kappa shape index (κ2) is 5.64. The first-order valence-corrected chi connectivity index (χ1v) is 8.80. The Morgan fingerprint density at radius 2 is 2.05 bits per heavy atom. The molecular formula is C15H21N4S2+. The highest BCUT2D eigenvalue weighted by Gasteiger charge is 2.31. The summed E-state index contributed by atoms with van der Waals surface area (Å²) in [6.45, 7) is 8.81. The van der Waals surface area contributed by atoms with Gasteiger partial charge in [0.05, 0.1) is 31.7 Å². The summed E-state index contributed by atoms with van der Waals surface area (Å²) < 4.78 is 0.776. The normalized spacial score (nSPS) is 20.7. The molecule has 0 aliphatic carbocycles. The lowest BCUT2D eigenvalue weighted by Crippen LogP contribution is -2.89. The Hall–Kier alpha value is -1.03. The molecule has 0 spiro atoms. The van der Waals surface area contributed by atoms with Gasteiger partial charge in [0, 0.05) is 16.1 Å². The van der Waals surface area contributed by atoms with Crippen molar-refractivity contribution in [2.45, 2.75) is 30.8 Å². The molecule has 1 fully saturated rings. The zero-order valence-electron chi connectivity index (χ0n) is 12.5. The van der Waals surface area contributed by atoms with E-state index in [4.69, 9.17) is 12.2 Å². The summed E-state index contributed by atoms with van der Waals surface area (Å²) in [6.07, 6.45) is 0.918. The smallest absolute Gasteiger partial charge is 0.123 e. The van der Waals surface area contributed by atoms with Gasteiger partial charge in [0.1, 0.15) is 16.5 Å². The first-order chi connectivity index (χ1) is 10.0. The van der Waals surface area contributed by atoms with Crippen LogP contribution in [0.15, 0.2) is 0 Å². The number of nitrogens with two attached hydrogens (primary N) is 1. The molecule has 6 heteroatoms. The molecule has 3 heterocycles. The van der Waals surface area contributed by atoms with Gasteiger partial charge in [0.15, 0.2) is 0 Å². The first-order valence-electron chi connectivity index (χ1n) is 7.40. The molecule has 0 radical (unpaired) electrons. The van der Waals surface area contributed by atoms with Crippen molar-refractivity contribution < 1.29 is 5.32 Å². The van der Waals surface area contributed by atoms with Crippen LogP contribution < -0.4 is 10.2 Å². The van der Waals surface area contributed by atoms with E-state index in [9.17, 15) is 5.26 Å². The van der Waals surface area contributed by atoms with Crippen molar-refractivity contribution in [3.63, 3.8) is 0 Å². The van der Waals surface area contributed by atoms with E-state index in [1.807, 2.05) is 11.8 Å². The van der Waals surface area contributed by atoms with Crippen molar-refractivity contribution >= 4 is 29.8 Å². The second-order valence-corrected chi connectivity index (χ2v) is 8.42. The molecule has 1 saturated heterocycles. The predicted molar refractivity (Wildman–Crippen MR) is 89.3 cm³/mol. The summed E-state index contributed by atoms with van der Waals surface area (Å²) in [5.74, 6) is 2.11. The number of nitrogens with zero attached hydrogens (tertiary/aromatic N) is 2. The molecule has 2 aliphatic heterocycles. The molecule has 0 unspecified atom stereocenters. The summed E-state index contributed by atoms with van der Waals surface area (Å²) in [4.78, 5) is 5.74. The van der Waals surface area contributed by atoms with Gasteiger partial charge in [0.2, 0.25) is 0 Å². The third kappa shape index (κ3) is 2.83. The highest BCUT2D eigenvalue weighted by Crippen LogP contribution is 2.42. The lowest BCUT2D eigenvalue weighted by molar-refractivity contribution is -0.655. The van der Waals surface area contributed by atoms with Crippen molar-refractivity contribution in [1.29, 1.82) is 5.26 Å². The molecule has 0 atom stereocenters. The number of aromatic amines is 1. The van der Waals surface area contributed by atoms with Gasteiger partial charge < -0.3 is 15.2 Å². The van der Waals surface area contributed by atoms with E-state index < -0.39 is 0 Å². The van der Waals surface area contributed by atoms with Gasteiger partial charge in [-0.3, -0.25) is 0 Å². The number of anilines is 1. The van der Waals surface area contributed by atoms with Crippen LogP contribution in [-0.4, -0.2) is 35.9 Å². The van der Waals surface area contributed by atoms with Crippen LogP contribution >= 0.6 is 24.0 Å². The molecule has 3 N–H and O–H groups in total. The van der Waals surface area contributed by atoms with E-state index in [2.05, 4.69) is 35.1 Å². The third-order valence-corrected chi connectivity index (χ3v) is 5.92. The number of rotatable bonds is 1. The number of piperazine rings is 1. The molecule has 0 bridgehead atoms. The van der Waals surface area contributed by atoms with Crippen LogP contribution in [0.5, 0.6) is 0 Å². The molecule has 3 rings (SSSR count). The highest BCUT2D eigenvalue weighted by molar-refractivity contribution is 7.99. The predicted octanol–water partition coefficient (Wildman–Crippen LogP) is 1.57. The van der Waals surface area contributed by atoms with E-state index in [1.165, 1.54) is 11.1 Å². The average Bonchev–Trinajstić information content (AvgIpc) is 2.46. The van der Waals surface area contributed by atoms with Crippen molar-refractivity contribution in [2.24, 2.45) is 0 Å². The second-order valence-electron chi connectivity index (χ2n) is 6.32. The molecule has 1 aromatic heterocycles. The molecule has 4 nitrogen and oxygen atoms in total. The van der Waals surface area contributed by atoms with Crippen molar-refractivity contribution in [1.82, 2.24) is 4.98 Å². The van der Waals surface area contributed by atoms with Gasteiger partial charge >= 0.3 is 0 Å². The number of H-pyrrole nitrogens is 1. The Morgan fingerprint density at radius 1 is 1.33 bits per heavy atom. The number of nitriles is 1. The summed E-state index contributed by atoms with van der Waals surface area (Å²) in [7, 11) is 0. The summed E-state index contributed by atoms with van der Waals surface area (Å²) in [5, 5.41) is 11.8. The van der Waals surface area contributed by atoms with Crippen LogP contribution in [0.2, 0.25) is 0 Å². The quantitative estimate of drug-likeness (QED) is 0.771. The number of nitrogens with one attached hydrogen (secondary N) is 1. The fraction of sp³-hybridized carbons (Fsp3) is 0.600. The number of pyridine rings is 1. The van der Waals surface area contributed by atoms with Crippen molar-refractivity contribution in [2.75, 3.05) is 31.1 Å². The van der Waals surface area contributed by atoms with Crippen LogP contribution in [0.4, 0.5) is 5.82 Å². The number of thioether (sulfide) groups is 1. The lowest BCUT2D eigenvalue weighted by Gasteiger charge is -2.35. The summed E-state index contributed by atoms with van der Waals surface area (Å²) in [6, 6.07) is 2.32. The van der Waals surface area contributed by atoms with Gasteiger partial charge in [-0.05, 0) is 12.0 Å². The van der Waals surface area contributed by atoms with Gasteiger partial charge in [0.25, 0.3) is 0 Å². The third-order valence-electron chi connectivity index (χ3n) is 4.25. The van der Waals surface area contributed by atoms with Crippen LogP contribution in [-0.2, 0) is 12.2 Å². The Labute approximate surface area is 134 Å². The van der Waals surface area contributed by atoms with Gasteiger partial charge in [-0.25, -0.2) is 0 Å². The molecule has 2 aliphatic rings. The largest absolute Gasteiger partial charge is 0.347 e. The highest BCUT2D eigenvalue weighted by atomic mass is 32.2. The van der Waals surface area contributed by atoms with Crippen LogP contribution in [0.1, 0.15) is 30.5 Å². The monoisotopic (exact) mass is 321 g/mol. The fourth-order valence-corrected chi connectivity index (χ4v) is 4.49. The zero-order valence-corrected chi connectivity index (χ0v) is 14.2. The number of fused-ring (bicyclic) bond motifs is 1. The Balaban J connectivity index is 2.13. The van der Waals surface area contributed by atoms with E-state index >= 15 is 0 Å². The molecule has 21 heavy (non-hydrogen) atoms. The van der Waals surface area contributed by atoms with Crippen LogP contribution in [0, 0.1) is 16.0 Å². The molecule has 0 amide bonds. The van der Waals surface area contributed by atoms with E-state index in [0.717, 1.165) is 44.2 Å². The van der Waals surface area contributed by atoms with Gasteiger partial charge in [-0.15, -0.1) is 0 Å². The first kappa shape index (κ1) is 14.9. The van der Waals surface area contributed by atoms with E-state index in [1.54, 1.807) is 0 Å². The Kier molecular flexibility index (Phi) is 4.00. The van der Waals surface area contributed by atoms with E-state index in [0.29, 0.717) is 10.2 Å². The van der Waals surface area contributed by atoms with E-state index in [-0.39, 0.29) is 4.75 Å². The van der Waals surface area contributed by atoms with Crippen LogP contribution in [0.25, 0.3) is 0 Å². The number of aromatic nitrogens is 1. The number of hydrogen-bond acceptors (Lipinski definition) is 4. The number of quaternary nitrogens is 1. The van der Waals surface area contributed by atoms with Crippen LogP contribution in [0.3, 0.4) is 0 Å². The molecule has 1 aromatic rings. The maximum Gasteiger partial charge on any atom is 0.123 e. The van der Waals surface area contributed by atoms with Gasteiger partial charge in [-0.1, -0.05) is 26.1 Å². The molecule has 0 saturated carbocycles. The lowest BCUT2D eigenvalue weighted by atomic mass is 9.94.